The van der Waals surface area contributed by atoms with Gasteiger partial charge >= 0.3 is 5.97 Å². The molecule has 32 heavy (non-hydrogen) atoms. The van der Waals surface area contributed by atoms with Crippen LogP contribution < -0.4 is 0 Å². The van der Waals surface area contributed by atoms with Gasteiger partial charge in [0, 0.05) is 38.3 Å². The van der Waals surface area contributed by atoms with Crippen LogP contribution in [0.25, 0.3) is 0 Å². The molecule has 0 aromatic heterocycles. The molecule has 2 heterocycles. The third kappa shape index (κ3) is 7.70. The molecular weight excluding hydrogens is 412 g/mol. The Hall–Kier alpha value is -3.39. The van der Waals surface area contributed by atoms with Gasteiger partial charge in [-0.2, -0.15) is 0 Å². The topological polar surface area (TPSA) is 120 Å². The maximum absolute atomic E-state index is 12.3. The average molecular weight is 443 g/mol. The van der Waals surface area contributed by atoms with E-state index in [1.165, 1.54) is 6.07 Å². The van der Waals surface area contributed by atoms with Crippen LogP contribution in [-0.4, -0.2) is 71.2 Å². The fourth-order valence-corrected chi connectivity index (χ4v) is 3.17. The Morgan fingerprint density at radius 1 is 1.06 bits per heavy atom. The van der Waals surface area contributed by atoms with Gasteiger partial charge in [-0.05, 0) is 37.0 Å². The Labute approximate surface area is 187 Å². The average Bonchev–Trinajstić information content (AvgIpc) is 3.31. The fraction of sp³-hybridized carbons (Fsp3) is 0.375. The predicted octanol–water partition coefficient (Wildman–Crippen LogP) is 2.54. The zero-order valence-electron chi connectivity index (χ0n) is 18.2. The van der Waals surface area contributed by atoms with E-state index >= 15 is 0 Å². The molecule has 1 aromatic carbocycles. The first-order chi connectivity index (χ1) is 15.5. The van der Waals surface area contributed by atoms with E-state index in [9.17, 15) is 19.8 Å². The highest BCUT2D eigenvalue weighted by atomic mass is 16.5. The summed E-state index contributed by atoms with van der Waals surface area (Å²) < 4.78 is 5.21. The number of benzene rings is 1. The molecular formula is C24H30N2O6. The molecule has 1 amide bonds. The molecule has 0 saturated heterocycles. The molecule has 0 bridgehead atoms. The number of aromatic hydroxyl groups is 2. The summed E-state index contributed by atoms with van der Waals surface area (Å²) in [5, 5.41) is 28.1. The number of carbonyl (C=O) groups excluding carboxylic acids is 2. The lowest BCUT2D eigenvalue weighted by Crippen LogP contribution is -2.30. The minimum Gasteiger partial charge on any atom is -0.508 e. The van der Waals surface area contributed by atoms with Crippen LogP contribution in [0.4, 0.5) is 0 Å². The highest BCUT2D eigenvalue weighted by Gasteiger charge is 2.20. The molecule has 3 rings (SSSR count). The molecule has 0 atom stereocenters. The van der Waals surface area contributed by atoms with E-state index in [0.717, 1.165) is 24.6 Å². The van der Waals surface area contributed by atoms with Gasteiger partial charge in [-0.3, -0.25) is 9.79 Å². The zero-order valence-corrected chi connectivity index (χ0v) is 18.2. The van der Waals surface area contributed by atoms with Gasteiger partial charge in [0.05, 0.1) is 6.61 Å². The van der Waals surface area contributed by atoms with E-state index in [4.69, 9.17) is 9.84 Å². The molecule has 2 aliphatic heterocycles. The number of aliphatic hydroxyl groups is 1. The van der Waals surface area contributed by atoms with E-state index in [1.54, 1.807) is 11.9 Å². The first-order valence-corrected chi connectivity index (χ1v) is 10.5. The van der Waals surface area contributed by atoms with Crippen molar-refractivity contribution in [3.8, 4) is 11.5 Å². The number of aliphatic imine (C=N–C) groups is 1. The lowest BCUT2D eigenvalue weighted by Gasteiger charge is -2.12. The molecule has 1 aromatic rings. The van der Waals surface area contributed by atoms with Gasteiger partial charge in [0.15, 0.2) is 0 Å². The summed E-state index contributed by atoms with van der Waals surface area (Å²) in [5.74, 6) is -1.17. The second-order valence-electron chi connectivity index (χ2n) is 7.19. The molecule has 172 valence electrons. The lowest BCUT2D eigenvalue weighted by molar-refractivity contribution is -0.132. The number of phenolic OH excluding ortho intramolecular Hbond substituents is 2. The van der Waals surface area contributed by atoms with E-state index < -0.39 is 5.97 Å². The second kappa shape index (κ2) is 13.1. The SMILES string of the molecule is CN=C1/C=C/CC/C=C/CCOC(=O)c2c(O)cc(O)cc2C1.O=C(CO)N1CC=CC1. The van der Waals surface area contributed by atoms with E-state index in [2.05, 4.69) is 11.1 Å². The Kier molecular flexibility index (Phi) is 10.2. The number of rotatable bonds is 1. The number of phenols is 2. The largest absolute Gasteiger partial charge is 0.508 e. The highest BCUT2D eigenvalue weighted by molar-refractivity contribution is 6.00. The summed E-state index contributed by atoms with van der Waals surface area (Å²) in [6.45, 7) is 1.18. The molecule has 0 spiro atoms. The van der Waals surface area contributed by atoms with Gasteiger partial charge in [-0.1, -0.05) is 30.4 Å². The van der Waals surface area contributed by atoms with Crippen molar-refractivity contribution in [1.82, 2.24) is 4.90 Å². The maximum atomic E-state index is 12.3. The van der Waals surface area contributed by atoms with Crippen LogP contribution >= 0.6 is 0 Å². The van der Waals surface area contributed by atoms with Gasteiger partial charge < -0.3 is 25.0 Å². The number of hydrogen-bond acceptors (Lipinski definition) is 7. The number of amides is 1. The van der Waals surface area contributed by atoms with Crippen LogP contribution in [0.5, 0.6) is 11.5 Å². The predicted molar refractivity (Wildman–Crippen MR) is 122 cm³/mol. The lowest BCUT2D eigenvalue weighted by atomic mass is 9.99. The fourth-order valence-electron chi connectivity index (χ4n) is 3.17. The number of aliphatic hydroxyl groups excluding tert-OH is 1. The maximum Gasteiger partial charge on any atom is 0.342 e. The molecule has 0 aliphatic carbocycles. The number of esters is 1. The summed E-state index contributed by atoms with van der Waals surface area (Å²) >= 11 is 0. The summed E-state index contributed by atoms with van der Waals surface area (Å²) in [4.78, 5) is 28.7. The van der Waals surface area contributed by atoms with Gasteiger partial charge in [-0.15, -0.1) is 0 Å². The molecule has 0 unspecified atom stereocenters. The number of nitrogens with zero attached hydrogens (tertiary/aromatic N) is 2. The molecule has 0 radical (unpaired) electrons. The number of allylic oxidation sites excluding steroid dienone is 3. The summed E-state index contributed by atoms with van der Waals surface area (Å²) in [6.07, 6.45) is 14.5. The molecule has 0 saturated carbocycles. The highest BCUT2D eigenvalue weighted by Crippen LogP contribution is 2.29. The van der Waals surface area contributed by atoms with Crippen molar-refractivity contribution in [2.45, 2.75) is 25.7 Å². The Morgan fingerprint density at radius 2 is 1.75 bits per heavy atom. The van der Waals surface area contributed by atoms with Crippen LogP contribution in [0.1, 0.15) is 35.2 Å². The van der Waals surface area contributed by atoms with Gasteiger partial charge in [0.1, 0.15) is 23.7 Å². The smallest absolute Gasteiger partial charge is 0.342 e. The van der Waals surface area contributed by atoms with Gasteiger partial charge in [-0.25, -0.2) is 4.79 Å². The standard InChI is InChI=1S/C18H21NO4.C6H9NO2/c1-19-14-8-6-4-2-3-5-7-9-23-18(22)17-13(10-14)11-15(20)12-16(17)21;8-5-6(9)7-3-1-2-4-7/h3,5-6,8,11-12,20-21H,2,4,7,9-10H2,1H3;1-2,8H,3-5H2/b5-3+,8-6+,19-14?;. The minimum atomic E-state index is -0.595. The van der Waals surface area contributed by atoms with Gasteiger partial charge in [0.2, 0.25) is 5.91 Å². The Morgan fingerprint density at radius 3 is 2.44 bits per heavy atom. The molecule has 3 N–H and O–H groups in total. The van der Waals surface area contributed by atoms with Gasteiger partial charge in [0.25, 0.3) is 0 Å². The summed E-state index contributed by atoms with van der Waals surface area (Å²) in [6, 6.07) is 2.60. The van der Waals surface area contributed by atoms with Crippen molar-refractivity contribution >= 4 is 17.6 Å². The third-order valence-corrected chi connectivity index (χ3v) is 4.85. The van der Waals surface area contributed by atoms with Crippen LogP contribution in [0.2, 0.25) is 0 Å². The Bertz CT molecular complexity index is 909. The van der Waals surface area contributed by atoms with Crippen LogP contribution in [0, 0.1) is 0 Å². The third-order valence-electron chi connectivity index (χ3n) is 4.85. The minimum absolute atomic E-state index is 0.0818. The Balaban J connectivity index is 0.000000336. The summed E-state index contributed by atoms with van der Waals surface area (Å²) in [7, 11) is 1.67. The quantitative estimate of drug-likeness (QED) is 0.454. The van der Waals surface area contributed by atoms with Crippen molar-refractivity contribution in [3.05, 3.63) is 59.7 Å². The second-order valence-corrected chi connectivity index (χ2v) is 7.19. The zero-order chi connectivity index (χ0) is 23.3. The number of hydrogen-bond donors (Lipinski definition) is 3. The van der Waals surface area contributed by atoms with Crippen LogP contribution in [0.3, 0.4) is 0 Å². The summed E-state index contributed by atoms with van der Waals surface area (Å²) in [5.41, 5.74) is 1.33. The van der Waals surface area contributed by atoms with Crippen molar-refractivity contribution in [2.75, 3.05) is 33.4 Å². The van der Waals surface area contributed by atoms with Crippen molar-refractivity contribution in [3.63, 3.8) is 0 Å². The van der Waals surface area contributed by atoms with Crippen molar-refractivity contribution in [2.24, 2.45) is 4.99 Å². The van der Waals surface area contributed by atoms with E-state index in [0.29, 0.717) is 31.5 Å². The molecule has 8 heteroatoms. The monoisotopic (exact) mass is 442 g/mol. The van der Waals surface area contributed by atoms with Crippen molar-refractivity contribution < 1.29 is 29.6 Å². The van der Waals surface area contributed by atoms with Crippen LogP contribution in [-0.2, 0) is 16.0 Å². The first-order valence-electron chi connectivity index (χ1n) is 10.5. The number of fused-ring (bicyclic) bond motifs is 1. The molecule has 8 nitrogen and oxygen atoms in total. The number of cyclic esters (lactones) is 1. The van der Waals surface area contributed by atoms with E-state index in [1.807, 2.05) is 30.4 Å². The van der Waals surface area contributed by atoms with E-state index in [-0.39, 0.29) is 36.2 Å². The normalized spacial score (nSPS) is 19.9. The number of ether oxygens (including phenoxy) is 1. The molecule has 0 fully saturated rings. The van der Waals surface area contributed by atoms with Crippen molar-refractivity contribution in [1.29, 1.82) is 0 Å². The first kappa shape index (κ1) is 24.9. The molecule has 2 aliphatic rings. The van der Waals surface area contributed by atoms with Crippen LogP contribution in [0.15, 0.2) is 53.6 Å². The number of carbonyl (C=O) groups is 2.